The monoisotopic (exact) mass is 365 g/mol. The van der Waals surface area contributed by atoms with E-state index in [1.165, 1.54) is 5.56 Å². The second kappa shape index (κ2) is 6.46. The van der Waals surface area contributed by atoms with Crippen molar-refractivity contribution in [3.63, 3.8) is 0 Å². The molecule has 0 aliphatic carbocycles. The molecule has 0 aliphatic rings. The SMILES string of the molecule is C[C@H](c1ccccc1)n1c2ccccc2c2c(N)nc(-c3ccccn3)nc21. The van der Waals surface area contributed by atoms with E-state index in [1.807, 2.05) is 36.4 Å². The number of nitrogens with zero attached hydrogens (tertiary/aromatic N) is 4. The first-order chi connectivity index (χ1) is 13.7. The van der Waals surface area contributed by atoms with Gasteiger partial charge in [0.2, 0.25) is 0 Å². The lowest BCUT2D eigenvalue weighted by Gasteiger charge is -2.17. The van der Waals surface area contributed by atoms with Crippen molar-refractivity contribution in [3.8, 4) is 11.5 Å². The highest BCUT2D eigenvalue weighted by Crippen LogP contribution is 2.36. The Balaban J connectivity index is 1.85. The molecule has 0 amide bonds. The maximum atomic E-state index is 6.42. The molecule has 0 saturated carbocycles. The normalized spacial score (nSPS) is 12.5. The number of anilines is 1. The fourth-order valence-electron chi connectivity index (χ4n) is 3.79. The quantitative estimate of drug-likeness (QED) is 0.497. The van der Waals surface area contributed by atoms with Gasteiger partial charge >= 0.3 is 0 Å². The van der Waals surface area contributed by atoms with Crippen molar-refractivity contribution in [3.05, 3.63) is 84.6 Å². The van der Waals surface area contributed by atoms with E-state index in [9.17, 15) is 0 Å². The molecule has 0 saturated heterocycles. The Labute approximate surface area is 162 Å². The Kier molecular flexibility index (Phi) is 3.79. The van der Waals surface area contributed by atoms with E-state index in [-0.39, 0.29) is 6.04 Å². The molecule has 0 unspecified atom stereocenters. The predicted molar refractivity (Wildman–Crippen MR) is 113 cm³/mol. The average Bonchev–Trinajstić information content (AvgIpc) is 3.09. The van der Waals surface area contributed by atoms with Crippen molar-refractivity contribution >= 4 is 27.8 Å². The third-order valence-corrected chi connectivity index (χ3v) is 5.14. The van der Waals surface area contributed by atoms with Gasteiger partial charge in [-0.2, -0.15) is 0 Å². The molecule has 136 valence electrons. The lowest BCUT2D eigenvalue weighted by molar-refractivity contribution is 0.679. The van der Waals surface area contributed by atoms with Crippen molar-refractivity contribution < 1.29 is 0 Å². The fraction of sp³-hybridized carbons (Fsp3) is 0.0870. The van der Waals surface area contributed by atoms with Crippen LogP contribution in [0.25, 0.3) is 33.5 Å². The summed E-state index contributed by atoms with van der Waals surface area (Å²) < 4.78 is 2.24. The zero-order valence-electron chi connectivity index (χ0n) is 15.4. The summed E-state index contributed by atoms with van der Waals surface area (Å²) in [6, 6.07) is 24.4. The lowest BCUT2D eigenvalue weighted by Crippen LogP contribution is -2.08. The number of hydrogen-bond acceptors (Lipinski definition) is 4. The molecule has 2 aromatic carbocycles. The maximum Gasteiger partial charge on any atom is 0.182 e. The third-order valence-electron chi connectivity index (χ3n) is 5.14. The van der Waals surface area contributed by atoms with Crippen molar-refractivity contribution in [2.45, 2.75) is 13.0 Å². The molecule has 5 rings (SSSR count). The Hall–Kier alpha value is -3.73. The fourth-order valence-corrected chi connectivity index (χ4v) is 3.79. The van der Waals surface area contributed by atoms with E-state index in [0.717, 1.165) is 21.9 Å². The van der Waals surface area contributed by atoms with Gasteiger partial charge in [-0.05, 0) is 30.7 Å². The molecule has 0 spiro atoms. The van der Waals surface area contributed by atoms with Crippen LogP contribution < -0.4 is 5.73 Å². The molecule has 5 nitrogen and oxygen atoms in total. The van der Waals surface area contributed by atoms with Crippen LogP contribution in [0.1, 0.15) is 18.5 Å². The number of nitrogen functional groups attached to an aromatic ring is 1. The number of hydrogen-bond donors (Lipinski definition) is 1. The van der Waals surface area contributed by atoms with Crippen molar-refractivity contribution in [2.75, 3.05) is 5.73 Å². The van der Waals surface area contributed by atoms with Crippen LogP contribution in [0.15, 0.2) is 79.0 Å². The smallest absolute Gasteiger partial charge is 0.182 e. The van der Waals surface area contributed by atoms with Crippen LogP contribution in [-0.2, 0) is 0 Å². The summed E-state index contributed by atoms with van der Waals surface area (Å²) in [7, 11) is 0. The number of nitrogens with two attached hydrogens (primary N) is 1. The number of pyridine rings is 1. The zero-order chi connectivity index (χ0) is 19.1. The Morgan fingerprint density at radius 1 is 0.857 bits per heavy atom. The van der Waals surface area contributed by atoms with Gasteiger partial charge in [-0.15, -0.1) is 0 Å². The lowest BCUT2D eigenvalue weighted by atomic mass is 10.1. The first-order valence-electron chi connectivity index (χ1n) is 9.26. The summed E-state index contributed by atoms with van der Waals surface area (Å²) in [5.41, 5.74) is 10.3. The molecular weight excluding hydrogens is 346 g/mol. The van der Waals surface area contributed by atoms with Gasteiger partial charge in [-0.1, -0.05) is 54.6 Å². The largest absolute Gasteiger partial charge is 0.383 e. The topological polar surface area (TPSA) is 69.6 Å². The summed E-state index contributed by atoms with van der Waals surface area (Å²) in [4.78, 5) is 13.9. The van der Waals surface area contributed by atoms with Gasteiger partial charge in [0.15, 0.2) is 5.82 Å². The maximum absolute atomic E-state index is 6.42. The molecule has 0 aliphatic heterocycles. The van der Waals surface area contributed by atoms with Crippen LogP contribution in [0.3, 0.4) is 0 Å². The second-order valence-corrected chi connectivity index (χ2v) is 6.82. The summed E-state index contributed by atoms with van der Waals surface area (Å²) in [6.45, 7) is 2.18. The molecule has 28 heavy (non-hydrogen) atoms. The highest BCUT2D eigenvalue weighted by atomic mass is 15.1. The summed E-state index contributed by atoms with van der Waals surface area (Å²) in [6.07, 6.45) is 1.74. The average molecular weight is 365 g/mol. The van der Waals surface area contributed by atoms with Gasteiger partial charge in [0.05, 0.1) is 16.9 Å². The first kappa shape index (κ1) is 16.4. The van der Waals surface area contributed by atoms with E-state index in [1.54, 1.807) is 6.20 Å². The number of fused-ring (bicyclic) bond motifs is 3. The highest BCUT2D eigenvalue weighted by Gasteiger charge is 2.21. The number of rotatable bonds is 3. The molecule has 3 heterocycles. The van der Waals surface area contributed by atoms with Gasteiger partial charge < -0.3 is 10.3 Å². The van der Waals surface area contributed by atoms with Crippen LogP contribution >= 0.6 is 0 Å². The van der Waals surface area contributed by atoms with Crippen LogP contribution in [0.5, 0.6) is 0 Å². The van der Waals surface area contributed by atoms with Gasteiger partial charge in [0, 0.05) is 11.6 Å². The summed E-state index contributed by atoms with van der Waals surface area (Å²) >= 11 is 0. The third kappa shape index (κ3) is 2.52. The predicted octanol–water partition coefficient (Wildman–Crippen LogP) is 4.84. The molecule has 5 aromatic rings. The minimum Gasteiger partial charge on any atom is -0.383 e. The zero-order valence-corrected chi connectivity index (χ0v) is 15.4. The molecule has 1 atom stereocenters. The van der Waals surface area contributed by atoms with E-state index in [2.05, 4.69) is 57.9 Å². The van der Waals surface area contributed by atoms with Crippen molar-refractivity contribution in [1.82, 2.24) is 19.5 Å². The number of para-hydroxylation sites is 1. The van der Waals surface area contributed by atoms with Crippen LogP contribution in [0.2, 0.25) is 0 Å². The summed E-state index contributed by atoms with van der Waals surface area (Å²) in [5.74, 6) is 1.01. The Bertz CT molecular complexity index is 1280. The van der Waals surface area contributed by atoms with Crippen LogP contribution in [0, 0.1) is 0 Å². The molecule has 0 fully saturated rings. The second-order valence-electron chi connectivity index (χ2n) is 6.82. The standard InChI is InChI=1S/C23H19N5/c1-15(16-9-3-2-4-10-16)28-19-13-6-5-11-17(19)20-21(24)26-22(27-23(20)28)18-12-7-8-14-25-18/h2-15H,1H3,(H2,24,26,27)/t15-/m1/s1. The highest BCUT2D eigenvalue weighted by molar-refractivity contribution is 6.11. The van der Waals surface area contributed by atoms with Crippen LogP contribution in [-0.4, -0.2) is 19.5 Å². The van der Waals surface area contributed by atoms with E-state index >= 15 is 0 Å². The van der Waals surface area contributed by atoms with Gasteiger partial charge in [-0.3, -0.25) is 4.98 Å². The van der Waals surface area contributed by atoms with E-state index in [0.29, 0.717) is 17.3 Å². The Morgan fingerprint density at radius 3 is 2.39 bits per heavy atom. The molecule has 5 heteroatoms. The van der Waals surface area contributed by atoms with Crippen molar-refractivity contribution in [2.24, 2.45) is 0 Å². The Morgan fingerprint density at radius 2 is 1.61 bits per heavy atom. The van der Waals surface area contributed by atoms with Crippen LogP contribution in [0.4, 0.5) is 5.82 Å². The summed E-state index contributed by atoms with van der Waals surface area (Å²) in [5, 5.41) is 1.95. The molecule has 0 radical (unpaired) electrons. The van der Waals surface area contributed by atoms with Gasteiger partial charge in [0.1, 0.15) is 17.2 Å². The van der Waals surface area contributed by atoms with E-state index in [4.69, 9.17) is 10.7 Å². The van der Waals surface area contributed by atoms with Crippen molar-refractivity contribution in [1.29, 1.82) is 0 Å². The molecule has 3 aromatic heterocycles. The number of aromatic nitrogens is 4. The molecule has 2 N–H and O–H groups in total. The van der Waals surface area contributed by atoms with E-state index < -0.39 is 0 Å². The number of benzene rings is 2. The van der Waals surface area contributed by atoms with Gasteiger partial charge in [0.25, 0.3) is 0 Å². The molecule has 0 bridgehead atoms. The minimum atomic E-state index is 0.0921. The first-order valence-corrected chi connectivity index (χ1v) is 9.26. The van der Waals surface area contributed by atoms with Gasteiger partial charge in [-0.25, -0.2) is 9.97 Å². The minimum absolute atomic E-state index is 0.0921. The molecular formula is C23H19N5.